The van der Waals surface area contributed by atoms with Gasteiger partial charge in [0.1, 0.15) is 6.04 Å². The summed E-state index contributed by atoms with van der Waals surface area (Å²) in [7, 11) is 1.43. The van der Waals surface area contributed by atoms with E-state index in [1.165, 1.54) is 7.11 Å². The zero-order valence-corrected chi connectivity index (χ0v) is 15.3. The number of amides is 1. The molecule has 0 aromatic carbocycles. The summed E-state index contributed by atoms with van der Waals surface area (Å²) in [5.41, 5.74) is 0.357. The van der Waals surface area contributed by atoms with E-state index in [0.29, 0.717) is 5.41 Å². The fourth-order valence-corrected chi connectivity index (χ4v) is 3.79. The molecule has 23 heavy (non-hydrogen) atoms. The first-order valence-corrected chi connectivity index (χ1v) is 8.94. The third kappa shape index (κ3) is 4.06. The van der Waals surface area contributed by atoms with Gasteiger partial charge < -0.3 is 4.74 Å². The van der Waals surface area contributed by atoms with E-state index >= 15 is 0 Å². The highest BCUT2D eigenvalue weighted by Crippen LogP contribution is 2.38. The van der Waals surface area contributed by atoms with Crippen molar-refractivity contribution in [3.8, 4) is 0 Å². The van der Waals surface area contributed by atoms with Crippen molar-refractivity contribution in [1.82, 2.24) is 10.0 Å². The largest absolute Gasteiger partial charge is 0.468 e. The smallest absolute Gasteiger partial charge is 0.324 e. The van der Waals surface area contributed by atoms with Gasteiger partial charge in [-0.05, 0) is 43.9 Å². The van der Waals surface area contributed by atoms with Gasteiger partial charge in [-0.3, -0.25) is 14.6 Å². The molecule has 1 aliphatic heterocycles. The number of nitrogens with zero attached hydrogens (tertiary/aromatic N) is 2. The van der Waals surface area contributed by atoms with Crippen LogP contribution < -0.4 is 0 Å². The maximum atomic E-state index is 12.9. The van der Waals surface area contributed by atoms with E-state index in [2.05, 4.69) is 13.8 Å². The Morgan fingerprint density at radius 2 is 1.78 bits per heavy atom. The lowest BCUT2D eigenvalue weighted by atomic mass is 9.75. The summed E-state index contributed by atoms with van der Waals surface area (Å²) in [6, 6.07) is -0.0965. The minimum atomic E-state index is -0.308. The van der Waals surface area contributed by atoms with Gasteiger partial charge in [-0.15, -0.1) is 0 Å². The molecule has 1 amide bonds. The van der Waals surface area contributed by atoms with E-state index in [9.17, 15) is 9.59 Å². The Bertz CT molecular complexity index is 438. The molecule has 0 N–H and O–H groups in total. The molecule has 0 bridgehead atoms. The summed E-state index contributed by atoms with van der Waals surface area (Å²) in [5, 5.41) is 3.92. The molecule has 0 aromatic rings. The van der Waals surface area contributed by atoms with Crippen LogP contribution in [0.5, 0.6) is 0 Å². The molecule has 1 saturated heterocycles. The van der Waals surface area contributed by atoms with E-state index in [1.807, 2.05) is 23.9 Å². The molecule has 1 unspecified atom stereocenters. The van der Waals surface area contributed by atoms with E-state index in [-0.39, 0.29) is 29.9 Å². The van der Waals surface area contributed by atoms with Crippen molar-refractivity contribution in [2.24, 2.45) is 11.3 Å². The number of hydrogen-bond donors (Lipinski definition) is 0. The molecule has 132 valence electrons. The van der Waals surface area contributed by atoms with Gasteiger partial charge in [0.15, 0.2) is 0 Å². The van der Waals surface area contributed by atoms with Gasteiger partial charge in [0, 0.05) is 18.5 Å². The summed E-state index contributed by atoms with van der Waals surface area (Å²) >= 11 is 0. The van der Waals surface area contributed by atoms with Crippen molar-refractivity contribution in [1.29, 1.82) is 0 Å². The van der Waals surface area contributed by atoms with Crippen molar-refractivity contribution in [2.45, 2.75) is 78.3 Å². The monoisotopic (exact) mass is 324 g/mol. The molecular weight excluding hydrogens is 292 g/mol. The first kappa shape index (κ1) is 18.2. The van der Waals surface area contributed by atoms with E-state index in [1.54, 1.807) is 0 Å². The van der Waals surface area contributed by atoms with Gasteiger partial charge in [0.2, 0.25) is 5.91 Å². The van der Waals surface area contributed by atoms with Crippen LogP contribution in [0, 0.1) is 11.3 Å². The molecule has 1 aliphatic carbocycles. The number of hydrogen-bond acceptors (Lipinski definition) is 4. The second-order valence-electron chi connectivity index (χ2n) is 8.08. The molecule has 2 rings (SSSR count). The van der Waals surface area contributed by atoms with Crippen molar-refractivity contribution >= 4 is 11.9 Å². The molecule has 2 aliphatic rings. The standard InChI is InChI=1S/C18H32N2O3/c1-13(2)16(21)20(14-8-10-18(3,4)11-9-14)19-12-6-7-15(19)17(22)23-5/h13-15H,6-12H2,1-5H3. The van der Waals surface area contributed by atoms with Crippen LogP contribution in [-0.2, 0) is 14.3 Å². The van der Waals surface area contributed by atoms with Gasteiger partial charge in [-0.1, -0.05) is 27.7 Å². The Kier molecular flexibility index (Phi) is 5.71. The lowest BCUT2D eigenvalue weighted by molar-refractivity contribution is -0.173. The number of hydrazine groups is 1. The van der Waals surface area contributed by atoms with Crippen LogP contribution in [0.25, 0.3) is 0 Å². The van der Waals surface area contributed by atoms with Gasteiger partial charge >= 0.3 is 5.97 Å². The molecule has 1 saturated carbocycles. The van der Waals surface area contributed by atoms with Crippen LogP contribution in [0.4, 0.5) is 0 Å². The van der Waals surface area contributed by atoms with Crippen molar-refractivity contribution in [2.75, 3.05) is 13.7 Å². The lowest BCUT2D eigenvalue weighted by Crippen LogP contribution is -2.57. The minimum Gasteiger partial charge on any atom is -0.468 e. The number of rotatable bonds is 4. The average Bonchev–Trinajstić information content (AvgIpc) is 2.97. The zero-order valence-electron chi connectivity index (χ0n) is 15.3. The fourth-order valence-electron chi connectivity index (χ4n) is 3.79. The molecular formula is C18H32N2O3. The Balaban J connectivity index is 2.21. The van der Waals surface area contributed by atoms with Crippen LogP contribution in [0.2, 0.25) is 0 Å². The van der Waals surface area contributed by atoms with Crippen molar-refractivity contribution in [3.63, 3.8) is 0 Å². The van der Waals surface area contributed by atoms with Crippen LogP contribution >= 0.6 is 0 Å². The molecule has 0 aromatic heterocycles. The topological polar surface area (TPSA) is 49.9 Å². The quantitative estimate of drug-likeness (QED) is 0.746. The maximum Gasteiger partial charge on any atom is 0.324 e. The molecule has 0 radical (unpaired) electrons. The highest BCUT2D eigenvalue weighted by Gasteiger charge is 2.42. The van der Waals surface area contributed by atoms with Crippen LogP contribution in [-0.4, -0.2) is 47.6 Å². The predicted octanol–water partition coefficient (Wildman–Crippen LogP) is 2.99. The molecule has 0 spiro atoms. The number of carbonyl (C=O) groups excluding carboxylic acids is 2. The molecule has 5 heteroatoms. The van der Waals surface area contributed by atoms with Crippen molar-refractivity contribution < 1.29 is 14.3 Å². The summed E-state index contributed by atoms with van der Waals surface area (Å²) in [6.45, 7) is 9.23. The summed E-state index contributed by atoms with van der Waals surface area (Å²) in [6.07, 6.45) is 5.96. The van der Waals surface area contributed by atoms with E-state index in [4.69, 9.17) is 4.74 Å². The summed E-state index contributed by atoms with van der Waals surface area (Å²) in [4.78, 5) is 25.0. The maximum absolute atomic E-state index is 12.9. The second kappa shape index (κ2) is 7.20. The molecule has 2 fully saturated rings. The Morgan fingerprint density at radius 1 is 1.17 bits per heavy atom. The summed E-state index contributed by atoms with van der Waals surface area (Å²) in [5.74, 6) is -0.158. The fraction of sp³-hybridized carbons (Fsp3) is 0.889. The van der Waals surface area contributed by atoms with Crippen LogP contribution in [0.3, 0.4) is 0 Å². The first-order chi connectivity index (χ1) is 10.8. The third-order valence-corrected chi connectivity index (χ3v) is 5.35. The van der Waals surface area contributed by atoms with Gasteiger partial charge in [-0.2, -0.15) is 0 Å². The van der Waals surface area contributed by atoms with Crippen molar-refractivity contribution in [3.05, 3.63) is 0 Å². The molecule has 5 nitrogen and oxygen atoms in total. The van der Waals surface area contributed by atoms with E-state index in [0.717, 1.165) is 45.1 Å². The Morgan fingerprint density at radius 3 is 2.30 bits per heavy atom. The van der Waals surface area contributed by atoms with Crippen LogP contribution in [0.1, 0.15) is 66.2 Å². The summed E-state index contributed by atoms with van der Waals surface area (Å²) < 4.78 is 4.96. The lowest BCUT2D eigenvalue weighted by Gasteiger charge is -2.45. The Labute approximate surface area is 140 Å². The zero-order chi connectivity index (χ0) is 17.2. The number of ether oxygens (including phenoxy) is 1. The minimum absolute atomic E-state index is 0.0659. The first-order valence-electron chi connectivity index (χ1n) is 8.94. The predicted molar refractivity (Wildman–Crippen MR) is 89.5 cm³/mol. The number of carbonyl (C=O) groups is 2. The highest BCUT2D eigenvalue weighted by atomic mass is 16.5. The second-order valence-corrected chi connectivity index (χ2v) is 8.08. The normalized spacial score (nSPS) is 25.6. The third-order valence-electron chi connectivity index (χ3n) is 5.35. The number of methoxy groups -OCH3 is 1. The SMILES string of the molecule is COC(=O)C1CCCN1N(C(=O)C(C)C)C1CCC(C)(C)CC1. The van der Waals surface area contributed by atoms with E-state index < -0.39 is 0 Å². The Hall–Kier alpha value is -1.10. The van der Waals surface area contributed by atoms with Crippen LogP contribution in [0.15, 0.2) is 0 Å². The van der Waals surface area contributed by atoms with Gasteiger partial charge in [-0.25, -0.2) is 5.01 Å². The highest BCUT2D eigenvalue weighted by molar-refractivity contribution is 5.80. The molecule has 1 heterocycles. The van der Waals surface area contributed by atoms with Gasteiger partial charge in [0.25, 0.3) is 0 Å². The van der Waals surface area contributed by atoms with Gasteiger partial charge in [0.05, 0.1) is 7.11 Å². The average molecular weight is 324 g/mol. The number of esters is 1. The molecule has 1 atom stereocenters.